The first-order valence-corrected chi connectivity index (χ1v) is 5.94. The summed E-state index contributed by atoms with van der Waals surface area (Å²) in [7, 11) is 0. The summed E-state index contributed by atoms with van der Waals surface area (Å²) in [6.07, 6.45) is 0.971. The van der Waals surface area contributed by atoms with Gasteiger partial charge >= 0.3 is 0 Å². The van der Waals surface area contributed by atoms with E-state index in [9.17, 15) is 13.6 Å². The van der Waals surface area contributed by atoms with Crippen LogP contribution in [0.3, 0.4) is 0 Å². The Bertz CT molecular complexity index is 456. The molecule has 2 rings (SSSR count). The first-order valence-electron chi connectivity index (χ1n) is 5.94. The van der Waals surface area contributed by atoms with Crippen LogP contribution in [0, 0.1) is 17.0 Å². The van der Waals surface area contributed by atoms with Gasteiger partial charge in [0.1, 0.15) is 11.6 Å². The topological polar surface area (TPSA) is 41.1 Å². The van der Waals surface area contributed by atoms with Gasteiger partial charge in [0.05, 0.1) is 5.56 Å². The van der Waals surface area contributed by atoms with Gasteiger partial charge in [-0.2, -0.15) is 0 Å². The number of carbonyl (C=O) groups is 1. The second kappa shape index (κ2) is 5.02. The van der Waals surface area contributed by atoms with Crippen molar-refractivity contribution in [2.45, 2.75) is 13.3 Å². The Balaban J connectivity index is 1.99. The number of carbonyl (C=O) groups excluding carboxylic acids is 1. The molecular formula is C13H16F2N2O. The molecule has 0 radical (unpaired) electrons. The minimum absolute atomic E-state index is 0.00612. The minimum Gasteiger partial charge on any atom is -0.351 e. The van der Waals surface area contributed by atoms with E-state index in [2.05, 4.69) is 17.6 Å². The lowest BCUT2D eigenvalue weighted by atomic mass is 9.90. The van der Waals surface area contributed by atoms with Crippen LogP contribution in [0.15, 0.2) is 18.2 Å². The highest BCUT2D eigenvalue weighted by Crippen LogP contribution is 2.23. The van der Waals surface area contributed by atoms with Crippen molar-refractivity contribution in [1.29, 1.82) is 0 Å². The van der Waals surface area contributed by atoms with E-state index in [4.69, 9.17) is 0 Å². The van der Waals surface area contributed by atoms with Crippen molar-refractivity contribution in [3.8, 4) is 0 Å². The molecule has 1 fully saturated rings. The number of rotatable bonds is 3. The zero-order chi connectivity index (χ0) is 13.2. The normalized spacial score (nSPS) is 23.1. The molecule has 1 heterocycles. The molecule has 1 atom stereocenters. The van der Waals surface area contributed by atoms with Crippen LogP contribution in [-0.4, -0.2) is 25.5 Å². The van der Waals surface area contributed by atoms with Crippen LogP contribution >= 0.6 is 0 Å². The second-order valence-electron chi connectivity index (χ2n) is 5.04. The summed E-state index contributed by atoms with van der Waals surface area (Å²) in [5, 5.41) is 5.92. The smallest absolute Gasteiger partial charge is 0.254 e. The fraction of sp³-hybridized carbons (Fsp3) is 0.462. The minimum atomic E-state index is -0.831. The third-order valence-electron chi connectivity index (χ3n) is 3.31. The van der Waals surface area contributed by atoms with E-state index in [1.54, 1.807) is 0 Å². The maximum atomic E-state index is 13.4. The van der Waals surface area contributed by atoms with Crippen LogP contribution in [0.1, 0.15) is 23.7 Å². The van der Waals surface area contributed by atoms with Gasteiger partial charge in [0.15, 0.2) is 0 Å². The predicted octanol–water partition coefficient (Wildman–Crippen LogP) is 1.69. The molecule has 1 aliphatic heterocycles. The van der Waals surface area contributed by atoms with Gasteiger partial charge in [-0.3, -0.25) is 4.79 Å². The number of hydrogen-bond acceptors (Lipinski definition) is 2. The van der Waals surface area contributed by atoms with E-state index < -0.39 is 17.5 Å². The van der Waals surface area contributed by atoms with Crippen molar-refractivity contribution in [3.05, 3.63) is 35.4 Å². The van der Waals surface area contributed by atoms with Gasteiger partial charge in [0.2, 0.25) is 0 Å². The van der Waals surface area contributed by atoms with E-state index in [1.165, 1.54) is 0 Å². The summed E-state index contributed by atoms with van der Waals surface area (Å²) in [5.41, 5.74) is -0.113. The van der Waals surface area contributed by atoms with Gasteiger partial charge in [-0.05, 0) is 30.5 Å². The van der Waals surface area contributed by atoms with E-state index in [-0.39, 0.29) is 11.0 Å². The third kappa shape index (κ3) is 2.85. The van der Waals surface area contributed by atoms with E-state index in [1.807, 2.05) is 0 Å². The van der Waals surface area contributed by atoms with Crippen LogP contribution in [0.4, 0.5) is 8.78 Å². The number of halogens is 2. The Morgan fingerprint density at radius 1 is 1.50 bits per heavy atom. The summed E-state index contributed by atoms with van der Waals surface area (Å²) < 4.78 is 26.1. The fourth-order valence-electron chi connectivity index (χ4n) is 2.08. The maximum absolute atomic E-state index is 13.4. The van der Waals surface area contributed by atoms with Crippen molar-refractivity contribution >= 4 is 5.91 Å². The monoisotopic (exact) mass is 254 g/mol. The highest BCUT2D eigenvalue weighted by Gasteiger charge is 2.29. The van der Waals surface area contributed by atoms with Gasteiger partial charge in [0.25, 0.3) is 5.91 Å². The van der Waals surface area contributed by atoms with E-state index in [0.29, 0.717) is 12.6 Å². The Kier molecular flexibility index (Phi) is 3.61. The molecule has 5 heteroatoms. The predicted molar refractivity (Wildman–Crippen MR) is 64.3 cm³/mol. The lowest BCUT2D eigenvalue weighted by Gasteiger charge is -2.22. The molecule has 0 spiro atoms. The van der Waals surface area contributed by atoms with Crippen LogP contribution in [0.5, 0.6) is 0 Å². The van der Waals surface area contributed by atoms with E-state index >= 15 is 0 Å². The van der Waals surface area contributed by atoms with Crippen molar-refractivity contribution in [1.82, 2.24) is 10.6 Å². The molecule has 0 saturated carbocycles. The molecule has 1 amide bonds. The SMILES string of the molecule is CC1(CNC(=O)c2ccc(F)cc2F)CCNC1. The molecule has 0 aliphatic carbocycles. The Hall–Kier alpha value is -1.49. The van der Waals surface area contributed by atoms with Crippen molar-refractivity contribution in [2.75, 3.05) is 19.6 Å². The standard InChI is InChI=1S/C13H16F2N2O/c1-13(4-5-16-7-13)8-17-12(18)10-3-2-9(14)6-11(10)15/h2-3,6,16H,4-5,7-8H2,1H3,(H,17,18). The zero-order valence-electron chi connectivity index (χ0n) is 10.2. The third-order valence-corrected chi connectivity index (χ3v) is 3.31. The largest absolute Gasteiger partial charge is 0.351 e. The van der Waals surface area contributed by atoms with Gasteiger partial charge in [-0.15, -0.1) is 0 Å². The molecule has 1 unspecified atom stereocenters. The average molecular weight is 254 g/mol. The summed E-state index contributed by atoms with van der Waals surface area (Å²) in [6.45, 7) is 4.31. The van der Waals surface area contributed by atoms with Gasteiger partial charge in [-0.25, -0.2) is 8.78 Å². The molecule has 1 aliphatic rings. The fourth-order valence-corrected chi connectivity index (χ4v) is 2.08. The van der Waals surface area contributed by atoms with Gasteiger partial charge < -0.3 is 10.6 Å². The summed E-state index contributed by atoms with van der Waals surface area (Å²) >= 11 is 0. The first kappa shape index (κ1) is 13.0. The Morgan fingerprint density at radius 2 is 2.28 bits per heavy atom. The molecule has 18 heavy (non-hydrogen) atoms. The first-order chi connectivity index (χ1) is 8.50. The van der Waals surface area contributed by atoms with E-state index in [0.717, 1.165) is 31.6 Å². The molecule has 3 nitrogen and oxygen atoms in total. The highest BCUT2D eigenvalue weighted by molar-refractivity contribution is 5.94. The lowest BCUT2D eigenvalue weighted by Crippen LogP contribution is -2.37. The van der Waals surface area contributed by atoms with Gasteiger partial charge in [0, 0.05) is 19.2 Å². The molecular weight excluding hydrogens is 238 g/mol. The Labute approximate surface area is 105 Å². The van der Waals surface area contributed by atoms with Crippen molar-refractivity contribution in [3.63, 3.8) is 0 Å². The maximum Gasteiger partial charge on any atom is 0.254 e. The second-order valence-corrected chi connectivity index (χ2v) is 5.04. The summed E-state index contributed by atoms with van der Waals surface area (Å²) in [5.74, 6) is -2.01. The molecule has 1 aromatic rings. The lowest BCUT2D eigenvalue weighted by molar-refractivity contribution is 0.0932. The quantitative estimate of drug-likeness (QED) is 0.862. The molecule has 0 aromatic heterocycles. The highest BCUT2D eigenvalue weighted by atomic mass is 19.1. The van der Waals surface area contributed by atoms with Crippen LogP contribution in [-0.2, 0) is 0 Å². The summed E-state index contributed by atoms with van der Waals surface area (Å²) in [6, 6.07) is 2.96. The van der Waals surface area contributed by atoms with Gasteiger partial charge in [-0.1, -0.05) is 6.92 Å². The van der Waals surface area contributed by atoms with Crippen LogP contribution in [0.2, 0.25) is 0 Å². The number of benzene rings is 1. The number of nitrogens with one attached hydrogen (secondary N) is 2. The molecule has 98 valence electrons. The zero-order valence-corrected chi connectivity index (χ0v) is 10.2. The molecule has 1 aromatic carbocycles. The Morgan fingerprint density at radius 3 is 2.89 bits per heavy atom. The van der Waals surface area contributed by atoms with Crippen LogP contribution < -0.4 is 10.6 Å². The molecule has 0 bridgehead atoms. The van der Waals surface area contributed by atoms with Crippen molar-refractivity contribution in [2.24, 2.45) is 5.41 Å². The molecule has 2 N–H and O–H groups in total. The molecule has 1 saturated heterocycles. The summed E-state index contributed by atoms with van der Waals surface area (Å²) in [4.78, 5) is 11.8. The number of amides is 1. The number of hydrogen-bond donors (Lipinski definition) is 2. The van der Waals surface area contributed by atoms with Crippen LogP contribution in [0.25, 0.3) is 0 Å². The average Bonchev–Trinajstić information content (AvgIpc) is 2.74. The van der Waals surface area contributed by atoms with Crippen molar-refractivity contribution < 1.29 is 13.6 Å².